The standard InChI is InChI=1S/C11H17N3O/c12-11(13-6-9-2-1-3-9)14-7-10-4-5-15-8-10/h4-5,8-9H,1-3,6-7H2,(H3,12,13,14). The molecule has 1 saturated carbocycles. The van der Waals surface area contributed by atoms with Gasteiger partial charge in [-0.2, -0.15) is 0 Å². The summed E-state index contributed by atoms with van der Waals surface area (Å²) >= 11 is 0. The van der Waals surface area contributed by atoms with E-state index in [4.69, 9.17) is 10.2 Å². The van der Waals surface area contributed by atoms with E-state index in [1.807, 2.05) is 6.07 Å². The molecule has 1 aliphatic rings. The predicted octanol–water partition coefficient (Wildman–Crippen LogP) is 1.48. The molecule has 0 saturated heterocycles. The molecule has 0 amide bonds. The second-order valence-corrected chi connectivity index (χ2v) is 4.01. The zero-order valence-electron chi connectivity index (χ0n) is 8.78. The molecule has 0 unspecified atom stereocenters. The minimum absolute atomic E-state index is 0.531. The van der Waals surface area contributed by atoms with Gasteiger partial charge in [0.2, 0.25) is 0 Å². The van der Waals surface area contributed by atoms with Crippen molar-refractivity contribution in [2.45, 2.75) is 25.8 Å². The molecule has 1 aliphatic carbocycles. The Hall–Kier alpha value is -1.45. The van der Waals surface area contributed by atoms with E-state index in [9.17, 15) is 0 Å². The Bertz CT molecular complexity index is 315. The van der Waals surface area contributed by atoms with Crippen LogP contribution in [-0.2, 0) is 6.54 Å². The van der Waals surface area contributed by atoms with Crippen molar-refractivity contribution in [2.75, 3.05) is 6.54 Å². The van der Waals surface area contributed by atoms with Crippen LogP contribution in [0.1, 0.15) is 24.8 Å². The summed E-state index contributed by atoms with van der Waals surface area (Å²) in [5.74, 6) is 1.33. The third kappa shape index (κ3) is 3.01. The van der Waals surface area contributed by atoms with Crippen molar-refractivity contribution >= 4 is 5.96 Å². The molecule has 1 fully saturated rings. The summed E-state index contributed by atoms with van der Waals surface area (Å²) < 4.78 is 4.94. The number of hydrogen-bond donors (Lipinski definition) is 2. The lowest BCUT2D eigenvalue weighted by molar-refractivity contribution is 0.315. The highest BCUT2D eigenvalue weighted by atomic mass is 16.3. The largest absolute Gasteiger partial charge is 0.472 e. The molecule has 0 aromatic carbocycles. The van der Waals surface area contributed by atoms with Crippen LogP contribution in [0.2, 0.25) is 0 Å². The summed E-state index contributed by atoms with van der Waals surface area (Å²) in [6.45, 7) is 1.54. The summed E-state index contributed by atoms with van der Waals surface area (Å²) in [7, 11) is 0. The van der Waals surface area contributed by atoms with E-state index in [0.29, 0.717) is 12.5 Å². The van der Waals surface area contributed by atoms with E-state index in [1.54, 1.807) is 12.5 Å². The number of nitrogens with zero attached hydrogens (tertiary/aromatic N) is 1. The van der Waals surface area contributed by atoms with Crippen LogP contribution in [0.5, 0.6) is 0 Å². The first-order chi connectivity index (χ1) is 7.34. The quantitative estimate of drug-likeness (QED) is 0.580. The number of nitrogens with one attached hydrogen (secondary N) is 1. The Morgan fingerprint density at radius 2 is 2.47 bits per heavy atom. The van der Waals surface area contributed by atoms with Crippen molar-refractivity contribution in [3.05, 3.63) is 24.2 Å². The summed E-state index contributed by atoms with van der Waals surface area (Å²) in [5.41, 5.74) is 6.77. The lowest BCUT2D eigenvalue weighted by atomic mass is 9.85. The molecule has 0 aliphatic heterocycles. The molecule has 3 N–H and O–H groups in total. The van der Waals surface area contributed by atoms with E-state index < -0.39 is 0 Å². The maximum Gasteiger partial charge on any atom is 0.188 e. The maximum atomic E-state index is 5.73. The van der Waals surface area contributed by atoms with Crippen molar-refractivity contribution in [3.63, 3.8) is 0 Å². The Labute approximate surface area is 89.6 Å². The molecular formula is C11H17N3O. The van der Waals surface area contributed by atoms with Crippen molar-refractivity contribution in [2.24, 2.45) is 16.6 Å². The van der Waals surface area contributed by atoms with Gasteiger partial charge in [-0.3, -0.25) is 0 Å². The van der Waals surface area contributed by atoms with Gasteiger partial charge in [-0.1, -0.05) is 6.42 Å². The summed E-state index contributed by atoms with van der Waals surface area (Å²) in [4.78, 5) is 4.22. The van der Waals surface area contributed by atoms with Crippen LogP contribution >= 0.6 is 0 Å². The summed E-state index contributed by atoms with van der Waals surface area (Å²) in [6, 6.07) is 1.89. The number of furan rings is 1. The van der Waals surface area contributed by atoms with Crippen LogP contribution in [0, 0.1) is 5.92 Å². The smallest absolute Gasteiger partial charge is 0.188 e. The average Bonchev–Trinajstić information content (AvgIpc) is 2.64. The molecule has 1 aromatic rings. The van der Waals surface area contributed by atoms with E-state index in [1.165, 1.54) is 19.3 Å². The zero-order valence-corrected chi connectivity index (χ0v) is 8.78. The Morgan fingerprint density at radius 3 is 3.07 bits per heavy atom. The van der Waals surface area contributed by atoms with E-state index in [2.05, 4.69) is 10.3 Å². The first-order valence-electron chi connectivity index (χ1n) is 5.39. The Balaban J connectivity index is 1.69. The highest BCUT2D eigenvalue weighted by Crippen LogP contribution is 2.24. The number of rotatable bonds is 4. The van der Waals surface area contributed by atoms with Gasteiger partial charge >= 0.3 is 0 Å². The van der Waals surface area contributed by atoms with Crippen LogP contribution in [0.4, 0.5) is 0 Å². The van der Waals surface area contributed by atoms with Crippen LogP contribution < -0.4 is 11.1 Å². The van der Waals surface area contributed by atoms with Crippen molar-refractivity contribution < 1.29 is 4.42 Å². The highest BCUT2D eigenvalue weighted by molar-refractivity contribution is 5.77. The van der Waals surface area contributed by atoms with Crippen LogP contribution in [-0.4, -0.2) is 12.5 Å². The van der Waals surface area contributed by atoms with Gasteiger partial charge in [0.15, 0.2) is 5.96 Å². The van der Waals surface area contributed by atoms with Gasteiger partial charge in [-0.25, -0.2) is 4.99 Å². The van der Waals surface area contributed by atoms with Gasteiger partial charge in [-0.15, -0.1) is 0 Å². The fourth-order valence-electron chi connectivity index (χ4n) is 1.56. The van der Waals surface area contributed by atoms with Gasteiger partial charge in [0.25, 0.3) is 0 Å². The minimum Gasteiger partial charge on any atom is -0.472 e. The fourth-order valence-corrected chi connectivity index (χ4v) is 1.56. The molecule has 4 heteroatoms. The summed E-state index contributed by atoms with van der Waals surface area (Å²) in [6.07, 6.45) is 7.33. The molecule has 0 spiro atoms. The molecule has 15 heavy (non-hydrogen) atoms. The number of aliphatic imine (C=N–C) groups is 1. The molecule has 0 bridgehead atoms. The summed E-state index contributed by atoms with van der Waals surface area (Å²) in [5, 5.41) is 3.14. The maximum absolute atomic E-state index is 5.73. The SMILES string of the molecule is NC(=NCc1ccoc1)NCC1CCC1. The van der Waals surface area contributed by atoms with Gasteiger partial charge in [0, 0.05) is 12.1 Å². The molecule has 4 nitrogen and oxygen atoms in total. The van der Waals surface area contributed by atoms with Crippen LogP contribution in [0.25, 0.3) is 0 Å². The first-order valence-corrected chi connectivity index (χ1v) is 5.39. The van der Waals surface area contributed by atoms with Gasteiger partial charge in [0.05, 0.1) is 19.1 Å². The van der Waals surface area contributed by atoms with Crippen LogP contribution in [0.3, 0.4) is 0 Å². The van der Waals surface area contributed by atoms with Gasteiger partial charge < -0.3 is 15.5 Å². The third-order valence-corrected chi connectivity index (χ3v) is 2.81. The Kier molecular flexibility index (Phi) is 3.27. The molecule has 0 atom stereocenters. The Morgan fingerprint density at radius 1 is 1.60 bits per heavy atom. The van der Waals surface area contributed by atoms with Crippen molar-refractivity contribution in [1.29, 1.82) is 0 Å². The van der Waals surface area contributed by atoms with Crippen molar-refractivity contribution in [1.82, 2.24) is 5.32 Å². The first kappa shape index (κ1) is 10.1. The zero-order chi connectivity index (χ0) is 10.5. The number of nitrogens with two attached hydrogens (primary N) is 1. The average molecular weight is 207 g/mol. The second-order valence-electron chi connectivity index (χ2n) is 4.01. The number of guanidine groups is 1. The minimum atomic E-state index is 0.531. The normalized spacial score (nSPS) is 17.5. The van der Waals surface area contributed by atoms with Gasteiger partial charge in [0.1, 0.15) is 0 Å². The molecular weight excluding hydrogens is 190 g/mol. The predicted molar refractivity (Wildman–Crippen MR) is 59.4 cm³/mol. The van der Waals surface area contributed by atoms with Crippen molar-refractivity contribution in [3.8, 4) is 0 Å². The molecule has 1 aromatic heterocycles. The fraction of sp³-hybridized carbons (Fsp3) is 0.545. The highest BCUT2D eigenvalue weighted by Gasteiger charge is 2.16. The lowest BCUT2D eigenvalue weighted by Crippen LogP contribution is -2.37. The molecule has 0 radical (unpaired) electrons. The number of hydrogen-bond acceptors (Lipinski definition) is 2. The van der Waals surface area contributed by atoms with E-state index >= 15 is 0 Å². The monoisotopic (exact) mass is 207 g/mol. The second kappa shape index (κ2) is 4.87. The molecule has 82 valence electrons. The topological polar surface area (TPSA) is 63.5 Å². The molecule has 1 heterocycles. The third-order valence-electron chi connectivity index (χ3n) is 2.81. The lowest BCUT2D eigenvalue weighted by Gasteiger charge is -2.25. The van der Waals surface area contributed by atoms with E-state index in [0.717, 1.165) is 18.0 Å². The van der Waals surface area contributed by atoms with E-state index in [-0.39, 0.29) is 0 Å². The molecule has 2 rings (SSSR count). The van der Waals surface area contributed by atoms with Gasteiger partial charge in [-0.05, 0) is 24.8 Å². The van der Waals surface area contributed by atoms with Crippen LogP contribution in [0.15, 0.2) is 28.0 Å².